The molecule has 9 heteroatoms. The van der Waals surface area contributed by atoms with Crippen molar-refractivity contribution in [3.8, 4) is 22.8 Å². The molecule has 0 spiro atoms. The second-order valence-corrected chi connectivity index (χ2v) is 10.3. The maximum absolute atomic E-state index is 15.4. The minimum atomic E-state index is -0.430. The zero-order valence-electron chi connectivity index (χ0n) is 21.7. The van der Waals surface area contributed by atoms with E-state index in [1.54, 1.807) is 12.1 Å². The van der Waals surface area contributed by atoms with Crippen LogP contribution in [0.5, 0.6) is 11.5 Å². The lowest BCUT2D eigenvalue weighted by molar-refractivity contribution is 0.101. The van der Waals surface area contributed by atoms with Gasteiger partial charge in [-0.2, -0.15) is 5.10 Å². The molecule has 1 saturated heterocycles. The van der Waals surface area contributed by atoms with Crippen molar-refractivity contribution in [2.75, 3.05) is 25.4 Å². The zero-order chi connectivity index (χ0) is 26.1. The fourth-order valence-corrected chi connectivity index (χ4v) is 5.94. The third kappa shape index (κ3) is 4.83. The van der Waals surface area contributed by atoms with Crippen LogP contribution in [0.3, 0.4) is 0 Å². The highest BCUT2D eigenvalue weighted by molar-refractivity contribution is 5.98. The molecule has 0 amide bonds. The lowest BCUT2D eigenvalue weighted by Crippen LogP contribution is -2.54. The smallest absolute Gasteiger partial charge is 0.164 e. The van der Waals surface area contributed by atoms with Gasteiger partial charge in [0.1, 0.15) is 35.2 Å². The number of halogens is 1. The van der Waals surface area contributed by atoms with Crippen LogP contribution < -0.4 is 15.8 Å². The molecule has 2 fully saturated rings. The van der Waals surface area contributed by atoms with Gasteiger partial charge < -0.3 is 15.8 Å². The van der Waals surface area contributed by atoms with Crippen LogP contribution in [0, 0.1) is 5.82 Å². The highest BCUT2D eigenvalue weighted by Gasteiger charge is 2.31. The van der Waals surface area contributed by atoms with Crippen LogP contribution in [-0.4, -0.2) is 56.4 Å². The first-order chi connectivity index (χ1) is 18.6. The summed E-state index contributed by atoms with van der Waals surface area (Å²) in [6, 6.07) is 15.5. The van der Waals surface area contributed by atoms with E-state index in [-0.39, 0.29) is 6.04 Å². The van der Waals surface area contributed by atoms with Gasteiger partial charge in [-0.3, -0.25) is 4.90 Å². The van der Waals surface area contributed by atoms with E-state index in [4.69, 9.17) is 15.6 Å². The Hall–Kier alpha value is -3.56. The van der Waals surface area contributed by atoms with E-state index in [1.807, 2.05) is 35.0 Å². The number of nitrogens with one attached hydrogen (secondary N) is 1. The molecule has 2 aliphatic rings. The lowest BCUT2D eigenvalue weighted by atomic mass is 9.89. The molecule has 0 bridgehead atoms. The topological polar surface area (TPSA) is 94.1 Å². The fraction of sp³-hybridized carbons (Fsp3) is 0.414. The number of nitrogens with zero attached hydrogens (tertiary/aromatic N) is 5. The van der Waals surface area contributed by atoms with E-state index in [2.05, 4.69) is 27.1 Å². The number of hydrogen-bond acceptors (Lipinski definition) is 7. The zero-order valence-corrected chi connectivity index (χ0v) is 21.7. The number of fused-ring (bicyclic) bond motifs is 1. The number of anilines is 1. The molecular weight excluding hydrogens is 481 g/mol. The van der Waals surface area contributed by atoms with E-state index in [9.17, 15) is 0 Å². The van der Waals surface area contributed by atoms with Crippen molar-refractivity contribution in [3.05, 3.63) is 60.7 Å². The molecule has 8 nitrogen and oxygen atoms in total. The second-order valence-electron chi connectivity index (χ2n) is 10.3. The van der Waals surface area contributed by atoms with Crippen LogP contribution in [-0.2, 0) is 0 Å². The van der Waals surface area contributed by atoms with Gasteiger partial charge in [0.05, 0.1) is 11.4 Å². The first-order valence-corrected chi connectivity index (χ1v) is 13.6. The van der Waals surface area contributed by atoms with Crippen molar-refractivity contribution in [2.24, 2.45) is 0 Å². The molecule has 3 N–H and O–H groups in total. The van der Waals surface area contributed by atoms with Crippen molar-refractivity contribution < 1.29 is 9.13 Å². The van der Waals surface area contributed by atoms with Crippen molar-refractivity contribution in [1.82, 2.24) is 30.0 Å². The van der Waals surface area contributed by atoms with Crippen LogP contribution in [0.1, 0.15) is 45.1 Å². The minimum absolute atomic E-state index is 0.186. The van der Waals surface area contributed by atoms with Gasteiger partial charge >= 0.3 is 0 Å². The largest absolute Gasteiger partial charge is 0.457 e. The monoisotopic (exact) mass is 515 g/mol. The molecule has 1 saturated carbocycles. The molecule has 2 aromatic heterocycles. The number of aromatic nitrogens is 4. The molecule has 1 unspecified atom stereocenters. The highest BCUT2D eigenvalue weighted by atomic mass is 19.1. The summed E-state index contributed by atoms with van der Waals surface area (Å²) < 4.78 is 23.2. The molecule has 1 atom stereocenters. The average Bonchev–Trinajstić information content (AvgIpc) is 3.34. The Morgan fingerprint density at radius 2 is 1.82 bits per heavy atom. The number of para-hydroxylation sites is 1. The van der Waals surface area contributed by atoms with Gasteiger partial charge in [-0.25, -0.2) is 19.0 Å². The maximum Gasteiger partial charge on any atom is 0.164 e. The van der Waals surface area contributed by atoms with E-state index in [0.717, 1.165) is 51.7 Å². The Morgan fingerprint density at radius 3 is 2.58 bits per heavy atom. The molecule has 0 radical (unpaired) electrons. The number of hydrogen-bond donors (Lipinski definition) is 2. The van der Waals surface area contributed by atoms with Gasteiger partial charge in [0.25, 0.3) is 0 Å². The molecule has 1 aliphatic heterocycles. The first-order valence-electron chi connectivity index (χ1n) is 13.6. The summed E-state index contributed by atoms with van der Waals surface area (Å²) in [7, 11) is 0. The van der Waals surface area contributed by atoms with Crippen LogP contribution in [0.15, 0.2) is 54.9 Å². The number of nitrogen functional groups attached to an aromatic ring is 1. The number of nitrogens with two attached hydrogens (primary N) is 1. The van der Waals surface area contributed by atoms with Crippen LogP contribution in [0.25, 0.3) is 22.3 Å². The maximum atomic E-state index is 15.4. The summed E-state index contributed by atoms with van der Waals surface area (Å²) >= 11 is 0. The summed E-state index contributed by atoms with van der Waals surface area (Å²) in [5.74, 6) is 0.942. The van der Waals surface area contributed by atoms with Gasteiger partial charge in [0.2, 0.25) is 0 Å². The van der Waals surface area contributed by atoms with Crippen molar-refractivity contribution in [1.29, 1.82) is 0 Å². The SMILES string of the molecule is CCC1CN(C2CCC(n3nc(-c4ccc(Oc5ccccc5)cc4F)c4c(N)ncnc43)CC2)CCN1. The Morgan fingerprint density at radius 1 is 1.03 bits per heavy atom. The number of piperazine rings is 1. The summed E-state index contributed by atoms with van der Waals surface area (Å²) in [6.07, 6.45) is 6.83. The summed E-state index contributed by atoms with van der Waals surface area (Å²) in [6.45, 7) is 5.53. The number of ether oxygens (including phenoxy) is 1. The van der Waals surface area contributed by atoms with Crippen LogP contribution >= 0.6 is 0 Å². The minimum Gasteiger partial charge on any atom is -0.457 e. The van der Waals surface area contributed by atoms with Crippen molar-refractivity contribution in [2.45, 2.75) is 57.2 Å². The highest BCUT2D eigenvalue weighted by Crippen LogP contribution is 2.38. The quantitative estimate of drug-likeness (QED) is 0.366. The third-order valence-corrected chi connectivity index (χ3v) is 8.00. The van der Waals surface area contributed by atoms with Gasteiger partial charge in [-0.15, -0.1) is 0 Å². The van der Waals surface area contributed by atoms with Gasteiger partial charge in [-0.05, 0) is 56.4 Å². The van der Waals surface area contributed by atoms with Crippen molar-refractivity contribution >= 4 is 16.9 Å². The third-order valence-electron chi connectivity index (χ3n) is 8.00. The molecule has 2 aromatic carbocycles. The fourth-order valence-electron chi connectivity index (χ4n) is 5.94. The van der Waals surface area contributed by atoms with Gasteiger partial charge in [0, 0.05) is 43.3 Å². The lowest BCUT2D eigenvalue weighted by Gasteiger charge is -2.41. The molecule has 6 rings (SSSR count). The standard InChI is InChI=1S/C29H34FN7O/c1-2-19-17-36(15-14-32-19)20-8-10-21(11-9-20)37-29-26(28(31)33-18-34-29)27(35-37)24-13-12-23(16-25(24)30)38-22-6-4-3-5-7-22/h3-7,12-13,16,18-21,32H,2,8-11,14-15,17H2,1H3,(H2,31,33,34). The van der Waals surface area contributed by atoms with Gasteiger partial charge in [-0.1, -0.05) is 25.1 Å². The van der Waals surface area contributed by atoms with E-state index >= 15 is 4.39 Å². The summed E-state index contributed by atoms with van der Waals surface area (Å²) in [5.41, 5.74) is 7.79. The number of benzene rings is 2. The molecule has 198 valence electrons. The van der Waals surface area contributed by atoms with E-state index in [0.29, 0.717) is 51.7 Å². The second kappa shape index (κ2) is 10.7. The molecule has 3 heterocycles. The predicted molar refractivity (Wildman–Crippen MR) is 147 cm³/mol. The Balaban J connectivity index is 1.26. The molecule has 1 aliphatic carbocycles. The van der Waals surface area contributed by atoms with E-state index < -0.39 is 5.82 Å². The Bertz CT molecular complexity index is 1400. The Kier molecular flexibility index (Phi) is 6.95. The van der Waals surface area contributed by atoms with Crippen LogP contribution in [0.2, 0.25) is 0 Å². The van der Waals surface area contributed by atoms with Crippen molar-refractivity contribution in [3.63, 3.8) is 0 Å². The van der Waals surface area contributed by atoms with Crippen LogP contribution in [0.4, 0.5) is 10.2 Å². The Labute approximate surface area is 222 Å². The molecule has 38 heavy (non-hydrogen) atoms. The molecular formula is C29H34FN7O. The normalized spacial score (nSPS) is 22.5. The summed E-state index contributed by atoms with van der Waals surface area (Å²) in [5, 5.41) is 9.12. The van der Waals surface area contributed by atoms with Gasteiger partial charge in [0.15, 0.2) is 5.65 Å². The predicted octanol–water partition coefficient (Wildman–Crippen LogP) is 5.17. The first kappa shape index (κ1) is 24.8. The van der Waals surface area contributed by atoms with E-state index in [1.165, 1.54) is 12.4 Å². The average molecular weight is 516 g/mol. The molecule has 4 aromatic rings. The number of rotatable bonds is 6. The summed E-state index contributed by atoms with van der Waals surface area (Å²) in [4.78, 5) is 11.4.